The van der Waals surface area contributed by atoms with Gasteiger partial charge in [-0.05, 0) is 24.6 Å². The quantitative estimate of drug-likeness (QED) is 0.895. The third-order valence-corrected chi connectivity index (χ3v) is 4.14. The number of benzene rings is 1. The van der Waals surface area contributed by atoms with Crippen LogP contribution in [0.4, 0.5) is 5.69 Å². The van der Waals surface area contributed by atoms with Crippen LogP contribution in [0.15, 0.2) is 24.3 Å². The van der Waals surface area contributed by atoms with Crippen molar-refractivity contribution in [1.29, 1.82) is 0 Å². The van der Waals surface area contributed by atoms with Crippen LogP contribution in [0.3, 0.4) is 0 Å². The van der Waals surface area contributed by atoms with Gasteiger partial charge in [0.05, 0.1) is 6.17 Å². The molecular formula is C14H18ClN3O. The van der Waals surface area contributed by atoms with Gasteiger partial charge in [-0.3, -0.25) is 9.69 Å². The lowest BCUT2D eigenvalue weighted by atomic mass is 10.2. The summed E-state index contributed by atoms with van der Waals surface area (Å²) < 4.78 is 0. The normalized spacial score (nSPS) is 24.6. The number of anilines is 1. The summed E-state index contributed by atoms with van der Waals surface area (Å²) in [6.07, 6.45) is 1.85. The molecule has 1 N–H and O–H groups in total. The SMILES string of the molecule is O=C1CCC(N2CCN(c3cccc(Cl)c3)CC2)N1. The van der Waals surface area contributed by atoms with Gasteiger partial charge in [0, 0.05) is 43.3 Å². The molecule has 102 valence electrons. The Hall–Kier alpha value is -1.26. The lowest BCUT2D eigenvalue weighted by Crippen LogP contribution is -2.53. The highest BCUT2D eigenvalue weighted by Crippen LogP contribution is 2.22. The largest absolute Gasteiger partial charge is 0.369 e. The van der Waals surface area contributed by atoms with Crippen LogP contribution in [0.1, 0.15) is 12.8 Å². The van der Waals surface area contributed by atoms with Gasteiger partial charge in [-0.15, -0.1) is 0 Å². The van der Waals surface area contributed by atoms with Gasteiger partial charge in [-0.25, -0.2) is 0 Å². The number of amides is 1. The highest BCUT2D eigenvalue weighted by Gasteiger charge is 2.29. The maximum Gasteiger partial charge on any atom is 0.221 e. The van der Waals surface area contributed by atoms with Gasteiger partial charge < -0.3 is 10.2 Å². The lowest BCUT2D eigenvalue weighted by Gasteiger charge is -2.38. The monoisotopic (exact) mass is 279 g/mol. The first kappa shape index (κ1) is 12.8. The Kier molecular flexibility index (Phi) is 3.62. The predicted molar refractivity (Wildman–Crippen MR) is 76.4 cm³/mol. The summed E-state index contributed by atoms with van der Waals surface area (Å²) >= 11 is 6.03. The summed E-state index contributed by atoms with van der Waals surface area (Å²) in [6.45, 7) is 3.92. The second-order valence-corrected chi connectivity index (χ2v) is 5.56. The summed E-state index contributed by atoms with van der Waals surface area (Å²) in [5.74, 6) is 0.183. The minimum absolute atomic E-state index is 0.183. The Balaban J connectivity index is 1.59. The van der Waals surface area contributed by atoms with Gasteiger partial charge in [0.25, 0.3) is 0 Å². The zero-order valence-corrected chi connectivity index (χ0v) is 11.6. The Bertz CT molecular complexity index is 472. The molecule has 0 spiro atoms. The van der Waals surface area contributed by atoms with Crippen molar-refractivity contribution in [3.05, 3.63) is 29.3 Å². The van der Waals surface area contributed by atoms with Crippen molar-refractivity contribution in [1.82, 2.24) is 10.2 Å². The molecule has 2 aliphatic rings. The lowest BCUT2D eigenvalue weighted by molar-refractivity contribution is -0.119. The predicted octanol–water partition coefficient (Wildman–Crippen LogP) is 1.70. The Morgan fingerprint density at radius 3 is 2.63 bits per heavy atom. The van der Waals surface area contributed by atoms with E-state index in [-0.39, 0.29) is 12.1 Å². The van der Waals surface area contributed by atoms with E-state index < -0.39 is 0 Å². The van der Waals surface area contributed by atoms with Crippen molar-refractivity contribution < 1.29 is 4.79 Å². The first-order valence-electron chi connectivity index (χ1n) is 6.76. The van der Waals surface area contributed by atoms with E-state index in [0.717, 1.165) is 37.6 Å². The fourth-order valence-electron chi connectivity index (χ4n) is 2.84. The van der Waals surface area contributed by atoms with E-state index in [0.29, 0.717) is 6.42 Å². The molecule has 4 nitrogen and oxygen atoms in total. The molecule has 1 atom stereocenters. The number of rotatable bonds is 2. The number of hydrogen-bond acceptors (Lipinski definition) is 3. The number of hydrogen-bond donors (Lipinski definition) is 1. The molecule has 2 fully saturated rings. The summed E-state index contributed by atoms with van der Waals surface area (Å²) in [6, 6.07) is 7.99. The van der Waals surface area contributed by atoms with Crippen LogP contribution in [0.2, 0.25) is 5.02 Å². The third-order valence-electron chi connectivity index (χ3n) is 3.90. The summed E-state index contributed by atoms with van der Waals surface area (Å²) in [7, 11) is 0. The first-order valence-corrected chi connectivity index (χ1v) is 7.14. The van der Waals surface area contributed by atoms with E-state index in [1.54, 1.807) is 0 Å². The number of halogens is 1. The Morgan fingerprint density at radius 2 is 2.00 bits per heavy atom. The van der Waals surface area contributed by atoms with E-state index in [9.17, 15) is 4.79 Å². The molecule has 0 aliphatic carbocycles. The molecule has 0 bridgehead atoms. The van der Waals surface area contributed by atoms with E-state index >= 15 is 0 Å². The van der Waals surface area contributed by atoms with E-state index in [1.807, 2.05) is 18.2 Å². The van der Waals surface area contributed by atoms with E-state index in [2.05, 4.69) is 21.2 Å². The van der Waals surface area contributed by atoms with Gasteiger partial charge >= 0.3 is 0 Å². The fourth-order valence-corrected chi connectivity index (χ4v) is 3.02. The van der Waals surface area contributed by atoms with Crippen LogP contribution >= 0.6 is 11.6 Å². The van der Waals surface area contributed by atoms with Crippen LogP contribution in [-0.2, 0) is 4.79 Å². The third kappa shape index (κ3) is 2.85. The maximum absolute atomic E-state index is 11.3. The van der Waals surface area contributed by atoms with Crippen molar-refractivity contribution in [2.45, 2.75) is 19.0 Å². The molecule has 2 saturated heterocycles. The molecule has 0 aromatic heterocycles. The van der Waals surface area contributed by atoms with Gasteiger partial charge in [0.1, 0.15) is 0 Å². The van der Waals surface area contributed by atoms with Crippen molar-refractivity contribution in [3.8, 4) is 0 Å². The molecule has 3 rings (SSSR count). The van der Waals surface area contributed by atoms with Crippen LogP contribution < -0.4 is 10.2 Å². The molecule has 1 amide bonds. The average Bonchev–Trinajstić information content (AvgIpc) is 2.86. The number of nitrogens with zero attached hydrogens (tertiary/aromatic N) is 2. The molecule has 5 heteroatoms. The van der Waals surface area contributed by atoms with Crippen molar-refractivity contribution >= 4 is 23.2 Å². The first-order chi connectivity index (χ1) is 9.22. The number of carbonyl (C=O) groups excluding carboxylic acids is 1. The minimum atomic E-state index is 0.183. The molecule has 1 aromatic rings. The van der Waals surface area contributed by atoms with Crippen LogP contribution in [0.5, 0.6) is 0 Å². The number of carbonyl (C=O) groups is 1. The van der Waals surface area contributed by atoms with Gasteiger partial charge in [0.15, 0.2) is 0 Å². The Labute approximate surface area is 118 Å². The van der Waals surface area contributed by atoms with Crippen molar-refractivity contribution in [3.63, 3.8) is 0 Å². The zero-order chi connectivity index (χ0) is 13.2. The van der Waals surface area contributed by atoms with Gasteiger partial charge in [-0.1, -0.05) is 17.7 Å². The minimum Gasteiger partial charge on any atom is -0.369 e. The van der Waals surface area contributed by atoms with Crippen molar-refractivity contribution in [2.75, 3.05) is 31.1 Å². The molecule has 19 heavy (non-hydrogen) atoms. The Morgan fingerprint density at radius 1 is 1.21 bits per heavy atom. The van der Waals surface area contributed by atoms with E-state index in [1.165, 1.54) is 5.69 Å². The molecule has 2 aliphatic heterocycles. The average molecular weight is 280 g/mol. The van der Waals surface area contributed by atoms with Crippen LogP contribution in [-0.4, -0.2) is 43.2 Å². The molecule has 0 radical (unpaired) electrons. The van der Waals surface area contributed by atoms with Gasteiger partial charge in [0.2, 0.25) is 5.91 Å². The second kappa shape index (κ2) is 5.39. The van der Waals surface area contributed by atoms with Gasteiger partial charge in [-0.2, -0.15) is 0 Å². The second-order valence-electron chi connectivity index (χ2n) is 5.12. The molecule has 2 heterocycles. The highest BCUT2D eigenvalue weighted by molar-refractivity contribution is 6.30. The maximum atomic E-state index is 11.3. The molecule has 1 aromatic carbocycles. The smallest absolute Gasteiger partial charge is 0.221 e. The topological polar surface area (TPSA) is 35.6 Å². The van der Waals surface area contributed by atoms with Crippen molar-refractivity contribution in [2.24, 2.45) is 0 Å². The fraction of sp³-hybridized carbons (Fsp3) is 0.500. The van der Waals surface area contributed by atoms with E-state index in [4.69, 9.17) is 11.6 Å². The molecule has 1 unspecified atom stereocenters. The zero-order valence-electron chi connectivity index (χ0n) is 10.8. The van der Waals surface area contributed by atoms with Crippen LogP contribution in [0, 0.1) is 0 Å². The summed E-state index contributed by atoms with van der Waals surface area (Å²) in [5.41, 5.74) is 1.18. The van der Waals surface area contributed by atoms with Crippen LogP contribution in [0.25, 0.3) is 0 Å². The molecular weight excluding hydrogens is 262 g/mol. The standard InChI is InChI=1S/C14H18ClN3O/c15-11-2-1-3-12(10-11)17-6-8-18(9-7-17)13-4-5-14(19)16-13/h1-3,10,13H,4-9H2,(H,16,19). The molecule has 0 saturated carbocycles. The summed E-state index contributed by atoms with van der Waals surface area (Å²) in [4.78, 5) is 16.0. The highest BCUT2D eigenvalue weighted by atomic mass is 35.5. The summed E-state index contributed by atoms with van der Waals surface area (Å²) in [5, 5.41) is 3.82. The number of nitrogens with one attached hydrogen (secondary N) is 1. The number of piperazine rings is 1.